The van der Waals surface area contributed by atoms with Gasteiger partial charge in [-0.15, -0.1) is 0 Å². The second kappa shape index (κ2) is 31.3. The summed E-state index contributed by atoms with van der Waals surface area (Å²) in [5.74, 6) is -1.29. The number of carbonyl (C=O) groups excluding carboxylic acids is 2. The molecule has 0 aliphatic rings. The van der Waals surface area contributed by atoms with Crippen molar-refractivity contribution in [2.45, 2.75) is 180 Å². The van der Waals surface area contributed by atoms with E-state index in [1.54, 1.807) is 0 Å². The molecule has 0 spiro atoms. The predicted molar refractivity (Wildman–Crippen MR) is 179 cm³/mol. The number of amides is 1. The summed E-state index contributed by atoms with van der Waals surface area (Å²) in [7, 11) is 0. The lowest BCUT2D eigenvalue weighted by Crippen LogP contribution is -2.40. The highest BCUT2D eigenvalue weighted by Gasteiger charge is 2.18. The van der Waals surface area contributed by atoms with Crippen LogP contribution in [0.2, 0.25) is 0 Å². The van der Waals surface area contributed by atoms with Crippen LogP contribution in [0.15, 0.2) is 24.3 Å². The molecule has 0 aliphatic heterocycles. The number of aliphatic carboxylic acids is 1. The van der Waals surface area contributed by atoms with Crippen molar-refractivity contribution in [2.24, 2.45) is 5.73 Å². The minimum Gasteiger partial charge on any atom is -0.480 e. The van der Waals surface area contributed by atoms with E-state index in [1.807, 2.05) is 0 Å². The number of hydrogen-bond donors (Lipinski definition) is 3. The fraction of sp³-hybridized carbons (Fsp3) is 0.806. The van der Waals surface area contributed by atoms with Gasteiger partial charge in [0.05, 0.1) is 0 Å². The van der Waals surface area contributed by atoms with E-state index >= 15 is 0 Å². The maximum atomic E-state index is 12.5. The van der Waals surface area contributed by atoms with Crippen LogP contribution in [0, 0.1) is 0 Å². The number of unbranched alkanes of at least 4 members (excludes halogenated alkanes) is 15. The lowest BCUT2D eigenvalue weighted by Gasteiger charge is -2.15. The molecule has 0 saturated carbocycles. The molecule has 2 unspecified atom stereocenters. The molecule has 43 heavy (non-hydrogen) atoms. The van der Waals surface area contributed by atoms with Gasteiger partial charge in [0.25, 0.3) is 0 Å². The molecule has 4 N–H and O–H groups in total. The van der Waals surface area contributed by atoms with E-state index in [2.05, 4.69) is 43.5 Å². The van der Waals surface area contributed by atoms with Crippen LogP contribution in [0.1, 0.15) is 168 Å². The summed E-state index contributed by atoms with van der Waals surface area (Å²) >= 11 is 0. The number of carbonyl (C=O) groups is 3. The zero-order valence-corrected chi connectivity index (χ0v) is 27.8. The van der Waals surface area contributed by atoms with Crippen molar-refractivity contribution in [3.63, 3.8) is 0 Å². The number of carboxylic acid groups (broad SMARTS) is 1. The quantitative estimate of drug-likeness (QED) is 0.0412. The Bertz CT molecular complexity index is 737. The summed E-state index contributed by atoms with van der Waals surface area (Å²) in [5.41, 5.74) is 5.45. The molecule has 0 bridgehead atoms. The van der Waals surface area contributed by atoms with Crippen LogP contribution in [0.5, 0.6) is 0 Å². The Kier molecular flexibility index (Phi) is 29.7. The van der Waals surface area contributed by atoms with Crippen LogP contribution < -0.4 is 11.1 Å². The zero-order valence-electron chi connectivity index (χ0n) is 27.8. The number of hydrogen-bond acceptors (Lipinski definition) is 5. The van der Waals surface area contributed by atoms with Crippen LogP contribution in [0.25, 0.3) is 0 Å². The van der Waals surface area contributed by atoms with Gasteiger partial charge in [-0.1, -0.05) is 116 Å². The van der Waals surface area contributed by atoms with Crippen LogP contribution in [-0.4, -0.2) is 41.6 Å². The maximum Gasteiger partial charge on any atom is 0.326 e. The maximum absolute atomic E-state index is 12.5. The fourth-order valence-corrected chi connectivity index (χ4v) is 5.04. The summed E-state index contributed by atoms with van der Waals surface area (Å²) in [6, 6.07) is -0.853. The van der Waals surface area contributed by atoms with Crippen LogP contribution in [-0.2, 0) is 19.1 Å². The highest BCUT2D eigenvalue weighted by molar-refractivity contribution is 5.83. The first kappa shape index (κ1) is 40.9. The lowest BCUT2D eigenvalue weighted by molar-refractivity contribution is -0.147. The molecule has 7 nitrogen and oxygen atoms in total. The van der Waals surface area contributed by atoms with Crippen molar-refractivity contribution in [1.82, 2.24) is 5.32 Å². The molecule has 250 valence electrons. The van der Waals surface area contributed by atoms with Crippen molar-refractivity contribution in [3.05, 3.63) is 24.3 Å². The summed E-state index contributed by atoms with van der Waals surface area (Å²) in [5, 5.41) is 11.8. The third kappa shape index (κ3) is 28.4. The standard InChI is InChI=1S/C36H66N2O5/c1-3-5-7-9-11-13-17-21-26-32(43-35(40)30-24-20-14-12-10-8-6-4-2)27-22-18-15-16-19-23-29-34(39)38-33(36(41)42)28-25-31-37/h11,13,21,26,32-33H,3-10,12,14-20,22-25,27-31,37H2,1-2H3,(H,38,39)(H,41,42)/b13-11-,26-21-. The lowest BCUT2D eigenvalue weighted by atomic mass is 10.0. The smallest absolute Gasteiger partial charge is 0.326 e. The SMILES string of the molecule is CCCCC/C=C\C/C=C\C(CCCCCCCCC(=O)NC(CCCN)C(=O)O)OC(=O)CCCCCCCCCC. The molecule has 0 aromatic carbocycles. The van der Waals surface area contributed by atoms with Gasteiger partial charge in [-0.25, -0.2) is 4.79 Å². The van der Waals surface area contributed by atoms with E-state index in [9.17, 15) is 19.5 Å². The summed E-state index contributed by atoms with van der Waals surface area (Å²) in [4.78, 5) is 35.9. The Hall–Kier alpha value is -2.15. The van der Waals surface area contributed by atoms with Crippen LogP contribution >= 0.6 is 0 Å². The number of nitrogens with two attached hydrogens (primary N) is 1. The third-order valence-corrected chi connectivity index (χ3v) is 7.75. The molecule has 7 heteroatoms. The molecule has 0 heterocycles. The minimum absolute atomic E-state index is 0.0813. The highest BCUT2D eigenvalue weighted by Crippen LogP contribution is 2.15. The molecule has 0 aromatic heterocycles. The Balaban J connectivity index is 4.33. The minimum atomic E-state index is -1.01. The molecule has 0 aromatic rings. The van der Waals surface area contributed by atoms with E-state index in [4.69, 9.17) is 10.5 Å². The summed E-state index contributed by atoms with van der Waals surface area (Å²) < 4.78 is 5.87. The number of carboxylic acids is 1. The molecular weight excluding hydrogens is 540 g/mol. The van der Waals surface area contributed by atoms with Gasteiger partial charge in [0.2, 0.25) is 5.91 Å². The van der Waals surface area contributed by atoms with Gasteiger partial charge >= 0.3 is 11.9 Å². The van der Waals surface area contributed by atoms with Crippen molar-refractivity contribution in [1.29, 1.82) is 0 Å². The first-order chi connectivity index (χ1) is 20.9. The van der Waals surface area contributed by atoms with Gasteiger partial charge in [0.1, 0.15) is 12.1 Å². The molecule has 0 radical (unpaired) electrons. The molecular formula is C36H66N2O5. The van der Waals surface area contributed by atoms with Crippen LogP contribution in [0.4, 0.5) is 0 Å². The van der Waals surface area contributed by atoms with Gasteiger partial charge in [-0.05, 0) is 70.4 Å². The van der Waals surface area contributed by atoms with E-state index in [-0.39, 0.29) is 18.0 Å². The van der Waals surface area contributed by atoms with E-state index in [0.717, 1.165) is 70.6 Å². The topological polar surface area (TPSA) is 119 Å². The second-order valence-corrected chi connectivity index (χ2v) is 11.9. The molecule has 0 fully saturated rings. The van der Waals surface area contributed by atoms with Gasteiger partial charge < -0.3 is 20.9 Å². The van der Waals surface area contributed by atoms with Crippen LogP contribution in [0.3, 0.4) is 0 Å². The molecule has 1 amide bonds. The monoisotopic (exact) mass is 606 g/mol. The Morgan fingerprint density at radius 1 is 0.698 bits per heavy atom. The number of esters is 1. The second-order valence-electron chi connectivity index (χ2n) is 11.9. The number of nitrogens with one attached hydrogen (secondary N) is 1. The average molecular weight is 607 g/mol. The van der Waals surface area contributed by atoms with E-state index in [1.165, 1.54) is 57.8 Å². The fourth-order valence-electron chi connectivity index (χ4n) is 5.04. The molecule has 0 aliphatic carbocycles. The highest BCUT2D eigenvalue weighted by atomic mass is 16.5. The third-order valence-electron chi connectivity index (χ3n) is 7.75. The van der Waals surface area contributed by atoms with Crippen molar-refractivity contribution >= 4 is 17.8 Å². The largest absolute Gasteiger partial charge is 0.480 e. The average Bonchev–Trinajstić information content (AvgIpc) is 2.98. The number of rotatable bonds is 31. The summed E-state index contributed by atoms with van der Waals surface area (Å²) in [6.45, 7) is 4.87. The molecule has 0 rings (SSSR count). The number of allylic oxidation sites excluding steroid dienone is 3. The van der Waals surface area contributed by atoms with Gasteiger partial charge in [-0.2, -0.15) is 0 Å². The molecule has 2 atom stereocenters. The Morgan fingerprint density at radius 3 is 1.91 bits per heavy atom. The van der Waals surface area contributed by atoms with Gasteiger partial charge in [0, 0.05) is 12.8 Å². The van der Waals surface area contributed by atoms with Crippen molar-refractivity contribution < 1.29 is 24.2 Å². The summed E-state index contributed by atoms with van der Waals surface area (Å²) in [6.07, 6.45) is 32.4. The van der Waals surface area contributed by atoms with E-state index < -0.39 is 12.0 Å². The van der Waals surface area contributed by atoms with Gasteiger partial charge in [-0.3, -0.25) is 9.59 Å². The number of ether oxygens (including phenoxy) is 1. The normalized spacial score (nSPS) is 13.0. The van der Waals surface area contributed by atoms with E-state index in [0.29, 0.717) is 32.2 Å². The molecule has 0 saturated heterocycles. The first-order valence-corrected chi connectivity index (χ1v) is 17.7. The first-order valence-electron chi connectivity index (χ1n) is 17.7. The Morgan fingerprint density at radius 2 is 1.28 bits per heavy atom. The van der Waals surface area contributed by atoms with Crippen molar-refractivity contribution in [2.75, 3.05) is 6.54 Å². The zero-order chi connectivity index (χ0) is 31.8. The predicted octanol–water partition coefficient (Wildman–Crippen LogP) is 8.94. The Labute approximate surface area is 263 Å². The van der Waals surface area contributed by atoms with Crippen molar-refractivity contribution in [3.8, 4) is 0 Å². The van der Waals surface area contributed by atoms with Gasteiger partial charge in [0.15, 0.2) is 0 Å².